The minimum absolute atomic E-state index is 0.0898. The van der Waals surface area contributed by atoms with Crippen molar-refractivity contribution in [1.82, 2.24) is 19.7 Å². The number of nitrogens with zero attached hydrogens (tertiary/aromatic N) is 4. The van der Waals surface area contributed by atoms with E-state index in [0.29, 0.717) is 4.34 Å². The van der Waals surface area contributed by atoms with Gasteiger partial charge in [-0.3, -0.25) is 14.5 Å². The maximum absolute atomic E-state index is 12.9. The van der Waals surface area contributed by atoms with Crippen molar-refractivity contribution in [2.45, 2.75) is 12.7 Å². The molecule has 1 amide bonds. The van der Waals surface area contributed by atoms with Crippen molar-refractivity contribution in [1.29, 1.82) is 0 Å². The molecule has 0 radical (unpaired) electrons. The van der Waals surface area contributed by atoms with E-state index < -0.39 is 6.17 Å². The summed E-state index contributed by atoms with van der Waals surface area (Å²) >= 11 is 7.44. The molecular formula is C15H12ClFN4OS. The van der Waals surface area contributed by atoms with Gasteiger partial charge < -0.3 is 4.90 Å². The molecule has 1 fully saturated rings. The standard InChI is InChI=1S/C15H12ClFN4OS/c16-14-2-1-13(23-14)9-3-12-11(18-4-9)5-19-21(12)8-15(22)20-6-10(17)7-20/h1-5,10H,6-8H2. The van der Waals surface area contributed by atoms with Gasteiger partial charge in [-0.15, -0.1) is 11.3 Å². The summed E-state index contributed by atoms with van der Waals surface area (Å²) in [5.41, 5.74) is 2.42. The van der Waals surface area contributed by atoms with Crippen molar-refractivity contribution in [2.75, 3.05) is 13.1 Å². The van der Waals surface area contributed by atoms with E-state index >= 15 is 0 Å². The minimum atomic E-state index is -0.898. The van der Waals surface area contributed by atoms with E-state index in [2.05, 4.69) is 10.1 Å². The molecule has 1 saturated heterocycles. The lowest BCUT2D eigenvalue weighted by Crippen LogP contribution is -2.52. The molecule has 0 aliphatic carbocycles. The molecule has 3 aromatic heterocycles. The number of fused-ring (bicyclic) bond motifs is 1. The number of hydrogen-bond donors (Lipinski definition) is 0. The second-order valence-electron chi connectivity index (χ2n) is 5.43. The highest BCUT2D eigenvalue weighted by Gasteiger charge is 2.30. The number of pyridine rings is 1. The zero-order chi connectivity index (χ0) is 16.0. The summed E-state index contributed by atoms with van der Waals surface area (Å²) in [6, 6.07) is 5.71. The van der Waals surface area contributed by atoms with E-state index in [4.69, 9.17) is 11.6 Å². The van der Waals surface area contributed by atoms with Gasteiger partial charge in [0.05, 0.1) is 29.1 Å². The summed E-state index contributed by atoms with van der Waals surface area (Å²) in [5, 5.41) is 4.23. The van der Waals surface area contributed by atoms with Crippen LogP contribution >= 0.6 is 22.9 Å². The Kier molecular flexibility index (Phi) is 3.54. The van der Waals surface area contributed by atoms with Crippen LogP contribution in [0.15, 0.2) is 30.6 Å². The normalized spacial score (nSPS) is 15.1. The van der Waals surface area contributed by atoms with E-state index in [1.54, 1.807) is 17.1 Å². The maximum atomic E-state index is 12.9. The molecule has 8 heteroatoms. The topological polar surface area (TPSA) is 51.0 Å². The third kappa shape index (κ3) is 2.70. The fourth-order valence-electron chi connectivity index (χ4n) is 2.54. The van der Waals surface area contributed by atoms with Crippen LogP contribution in [0.5, 0.6) is 0 Å². The lowest BCUT2D eigenvalue weighted by molar-refractivity contribution is -0.139. The van der Waals surface area contributed by atoms with Crippen molar-refractivity contribution < 1.29 is 9.18 Å². The van der Waals surface area contributed by atoms with Crippen LogP contribution in [0.25, 0.3) is 21.5 Å². The zero-order valence-electron chi connectivity index (χ0n) is 11.9. The molecule has 1 aliphatic rings. The van der Waals surface area contributed by atoms with Crippen molar-refractivity contribution in [3.63, 3.8) is 0 Å². The summed E-state index contributed by atoms with van der Waals surface area (Å²) < 4.78 is 15.2. The number of rotatable bonds is 3. The first-order valence-corrected chi connectivity index (χ1v) is 8.29. The van der Waals surface area contributed by atoms with E-state index in [1.807, 2.05) is 18.2 Å². The lowest BCUT2D eigenvalue weighted by atomic mass is 10.2. The summed E-state index contributed by atoms with van der Waals surface area (Å²) in [4.78, 5) is 19.0. The van der Waals surface area contributed by atoms with Gasteiger partial charge in [0.25, 0.3) is 0 Å². The average Bonchev–Trinajstić information content (AvgIpc) is 3.10. The number of aromatic nitrogens is 3. The second-order valence-corrected chi connectivity index (χ2v) is 7.15. The number of carbonyl (C=O) groups excluding carboxylic acids is 1. The average molecular weight is 351 g/mol. The van der Waals surface area contributed by atoms with Crippen molar-refractivity contribution >= 4 is 39.9 Å². The van der Waals surface area contributed by atoms with Gasteiger partial charge in [-0.1, -0.05) is 11.6 Å². The van der Waals surface area contributed by atoms with Crippen LogP contribution in [0.4, 0.5) is 4.39 Å². The second kappa shape index (κ2) is 5.58. The largest absolute Gasteiger partial charge is 0.335 e. The van der Waals surface area contributed by atoms with Crippen molar-refractivity contribution in [3.8, 4) is 10.4 Å². The molecule has 23 heavy (non-hydrogen) atoms. The predicted octanol–water partition coefficient (Wildman–Crippen LogP) is 2.99. The van der Waals surface area contributed by atoms with E-state index in [9.17, 15) is 9.18 Å². The molecule has 4 rings (SSSR count). The number of alkyl halides is 1. The number of carbonyl (C=O) groups is 1. The molecule has 0 aromatic carbocycles. The number of likely N-dealkylation sites (tertiary alicyclic amines) is 1. The SMILES string of the molecule is O=C(Cn1ncc2ncc(-c3ccc(Cl)s3)cc21)N1CC(F)C1. The van der Waals surface area contributed by atoms with Gasteiger partial charge in [0.2, 0.25) is 5.91 Å². The quantitative estimate of drug-likeness (QED) is 0.729. The Balaban J connectivity index is 1.63. The first-order chi connectivity index (χ1) is 11.1. The van der Waals surface area contributed by atoms with Crippen LogP contribution in [0, 0.1) is 0 Å². The lowest BCUT2D eigenvalue weighted by Gasteiger charge is -2.34. The molecule has 5 nitrogen and oxygen atoms in total. The van der Waals surface area contributed by atoms with Gasteiger partial charge >= 0.3 is 0 Å². The Morgan fingerprint density at radius 1 is 1.39 bits per heavy atom. The molecule has 0 spiro atoms. The van der Waals surface area contributed by atoms with E-state index in [1.165, 1.54) is 16.2 Å². The molecule has 0 bridgehead atoms. The minimum Gasteiger partial charge on any atom is -0.335 e. The van der Waals surface area contributed by atoms with E-state index in [-0.39, 0.29) is 25.5 Å². The Hall–Kier alpha value is -1.99. The smallest absolute Gasteiger partial charge is 0.244 e. The highest BCUT2D eigenvalue weighted by Crippen LogP contribution is 2.31. The van der Waals surface area contributed by atoms with Gasteiger partial charge in [0.1, 0.15) is 18.2 Å². The molecule has 1 aliphatic heterocycles. The van der Waals surface area contributed by atoms with Crippen LogP contribution in [-0.2, 0) is 11.3 Å². The first-order valence-electron chi connectivity index (χ1n) is 7.09. The number of thiophene rings is 1. The highest BCUT2D eigenvalue weighted by atomic mass is 35.5. The van der Waals surface area contributed by atoms with Gasteiger partial charge in [-0.25, -0.2) is 4.39 Å². The fourth-order valence-corrected chi connectivity index (χ4v) is 3.57. The number of amides is 1. The van der Waals surface area contributed by atoms with E-state index in [0.717, 1.165) is 21.5 Å². The first kappa shape index (κ1) is 14.6. The number of hydrogen-bond acceptors (Lipinski definition) is 4. The van der Waals surface area contributed by atoms with Crippen molar-refractivity contribution in [2.24, 2.45) is 0 Å². The molecule has 0 unspecified atom stereocenters. The molecule has 0 N–H and O–H groups in total. The summed E-state index contributed by atoms with van der Waals surface area (Å²) in [6.45, 7) is 0.441. The van der Waals surface area contributed by atoms with Crippen LogP contribution < -0.4 is 0 Å². The Morgan fingerprint density at radius 3 is 2.91 bits per heavy atom. The van der Waals surface area contributed by atoms with Gasteiger partial charge in [0, 0.05) is 16.6 Å². The van der Waals surface area contributed by atoms with Gasteiger partial charge in [-0.2, -0.15) is 5.10 Å². The van der Waals surface area contributed by atoms with Crippen LogP contribution in [0.2, 0.25) is 4.34 Å². The molecule has 4 heterocycles. The molecule has 3 aromatic rings. The fraction of sp³-hybridized carbons (Fsp3) is 0.267. The Bertz CT molecular complexity index is 887. The third-order valence-electron chi connectivity index (χ3n) is 3.83. The predicted molar refractivity (Wildman–Crippen MR) is 87.3 cm³/mol. The third-order valence-corrected chi connectivity index (χ3v) is 5.11. The van der Waals surface area contributed by atoms with Crippen LogP contribution in [0.1, 0.15) is 0 Å². The van der Waals surface area contributed by atoms with Crippen LogP contribution in [0.3, 0.4) is 0 Å². The van der Waals surface area contributed by atoms with Gasteiger partial charge in [0.15, 0.2) is 0 Å². The van der Waals surface area contributed by atoms with Crippen LogP contribution in [-0.4, -0.2) is 44.8 Å². The molecular weight excluding hydrogens is 339 g/mol. The molecule has 118 valence electrons. The molecule has 0 saturated carbocycles. The molecule has 0 atom stereocenters. The summed E-state index contributed by atoms with van der Waals surface area (Å²) in [6.07, 6.45) is 2.49. The summed E-state index contributed by atoms with van der Waals surface area (Å²) in [7, 11) is 0. The van der Waals surface area contributed by atoms with Crippen molar-refractivity contribution in [3.05, 3.63) is 34.9 Å². The number of halogens is 2. The zero-order valence-corrected chi connectivity index (χ0v) is 13.5. The Labute approximate surface area is 140 Å². The monoisotopic (exact) mass is 350 g/mol. The summed E-state index contributed by atoms with van der Waals surface area (Å²) in [5.74, 6) is -0.131. The Morgan fingerprint density at radius 2 is 2.22 bits per heavy atom. The maximum Gasteiger partial charge on any atom is 0.244 e. The highest BCUT2D eigenvalue weighted by molar-refractivity contribution is 7.19. The van der Waals surface area contributed by atoms with Gasteiger partial charge in [-0.05, 0) is 18.2 Å².